The first-order valence-electron chi connectivity index (χ1n) is 6.53. The van der Waals surface area contributed by atoms with Gasteiger partial charge in [0.2, 0.25) is 5.89 Å². The molecule has 0 saturated heterocycles. The summed E-state index contributed by atoms with van der Waals surface area (Å²) in [4.78, 5) is 4.36. The Balaban J connectivity index is 1.93. The van der Waals surface area contributed by atoms with Gasteiger partial charge in [0.05, 0.1) is 10.0 Å². The molecule has 108 valence electrons. The third-order valence-corrected chi connectivity index (χ3v) is 3.49. The largest absolute Gasteiger partial charge is 0.339 e. The molecule has 0 aliphatic carbocycles. The van der Waals surface area contributed by atoms with Crippen LogP contribution in [0.1, 0.15) is 31.1 Å². The van der Waals surface area contributed by atoms with E-state index in [4.69, 9.17) is 27.7 Å². The first-order chi connectivity index (χ1) is 9.54. The van der Waals surface area contributed by atoms with E-state index in [1.165, 1.54) is 0 Å². The van der Waals surface area contributed by atoms with Gasteiger partial charge in [-0.3, -0.25) is 0 Å². The van der Waals surface area contributed by atoms with Crippen LogP contribution in [0.25, 0.3) is 0 Å². The van der Waals surface area contributed by atoms with Gasteiger partial charge in [-0.25, -0.2) is 0 Å². The van der Waals surface area contributed by atoms with E-state index < -0.39 is 0 Å². The Bertz CT molecular complexity index is 569. The van der Waals surface area contributed by atoms with Crippen molar-refractivity contribution in [3.8, 4) is 0 Å². The fourth-order valence-corrected chi connectivity index (χ4v) is 2.08. The van der Waals surface area contributed by atoms with E-state index in [1.807, 2.05) is 12.1 Å². The second kappa shape index (κ2) is 7.07. The highest BCUT2D eigenvalue weighted by atomic mass is 35.5. The Morgan fingerprint density at radius 2 is 2.05 bits per heavy atom. The molecule has 1 heterocycles. The number of nitrogens with zero attached hydrogens (tertiary/aromatic N) is 2. The number of hydrogen-bond donors (Lipinski definition) is 1. The molecule has 6 heteroatoms. The summed E-state index contributed by atoms with van der Waals surface area (Å²) < 4.78 is 5.21. The van der Waals surface area contributed by atoms with Crippen LogP contribution < -0.4 is 5.32 Å². The monoisotopic (exact) mass is 313 g/mol. The smallest absolute Gasteiger partial charge is 0.227 e. The van der Waals surface area contributed by atoms with E-state index in [1.54, 1.807) is 6.07 Å². The Kier molecular flexibility index (Phi) is 5.40. The lowest BCUT2D eigenvalue weighted by molar-refractivity contribution is 0.369. The molecule has 4 nitrogen and oxygen atoms in total. The molecule has 1 aromatic heterocycles. The van der Waals surface area contributed by atoms with Crippen LogP contribution in [0.5, 0.6) is 0 Å². The van der Waals surface area contributed by atoms with E-state index in [0.717, 1.165) is 18.5 Å². The number of halogens is 2. The van der Waals surface area contributed by atoms with Crippen molar-refractivity contribution in [2.75, 3.05) is 6.54 Å². The first-order valence-corrected chi connectivity index (χ1v) is 7.29. The van der Waals surface area contributed by atoms with E-state index in [9.17, 15) is 0 Å². The summed E-state index contributed by atoms with van der Waals surface area (Å²) in [7, 11) is 0. The van der Waals surface area contributed by atoms with Crippen LogP contribution in [-0.4, -0.2) is 22.7 Å². The topological polar surface area (TPSA) is 51.0 Å². The summed E-state index contributed by atoms with van der Waals surface area (Å²) in [5, 5.41) is 8.36. The molecular weight excluding hydrogens is 297 g/mol. The maximum atomic E-state index is 5.98. The fraction of sp³-hybridized carbons (Fsp3) is 0.429. The van der Waals surface area contributed by atoms with Gasteiger partial charge in [-0.15, -0.1) is 0 Å². The van der Waals surface area contributed by atoms with Crippen molar-refractivity contribution in [2.45, 2.75) is 32.7 Å². The van der Waals surface area contributed by atoms with Crippen molar-refractivity contribution in [3.05, 3.63) is 45.5 Å². The molecular formula is C14H17Cl2N3O. The molecule has 2 rings (SSSR count). The lowest BCUT2D eigenvalue weighted by Gasteiger charge is -2.04. The Morgan fingerprint density at radius 1 is 1.25 bits per heavy atom. The van der Waals surface area contributed by atoms with Crippen LogP contribution >= 0.6 is 23.2 Å². The van der Waals surface area contributed by atoms with Gasteiger partial charge in [-0.1, -0.05) is 48.3 Å². The second-order valence-corrected chi connectivity index (χ2v) is 5.70. The SMILES string of the molecule is CC(C)NCCc1nc(Cc2ccc(Cl)c(Cl)c2)no1. The van der Waals surface area contributed by atoms with Crippen molar-refractivity contribution in [1.29, 1.82) is 0 Å². The average molecular weight is 314 g/mol. The predicted molar refractivity (Wildman–Crippen MR) is 80.4 cm³/mol. The standard InChI is InChI=1S/C14H17Cl2N3O/c1-9(2)17-6-5-14-18-13(19-20-14)8-10-3-4-11(15)12(16)7-10/h3-4,7,9,17H,5-6,8H2,1-2H3. The van der Waals surface area contributed by atoms with Crippen molar-refractivity contribution in [2.24, 2.45) is 0 Å². The molecule has 0 atom stereocenters. The third kappa shape index (κ3) is 4.47. The van der Waals surface area contributed by atoms with E-state index in [-0.39, 0.29) is 0 Å². The molecule has 0 aliphatic rings. The predicted octanol–water partition coefficient (Wildman–Crippen LogP) is 3.51. The van der Waals surface area contributed by atoms with Crippen LogP contribution in [-0.2, 0) is 12.8 Å². The Morgan fingerprint density at radius 3 is 2.75 bits per heavy atom. The molecule has 20 heavy (non-hydrogen) atoms. The van der Waals surface area contributed by atoms with E-state index in [0.29, 0.717) is 34.2 Å². The summed E-state index contributed by atoms with van der Waals surface area (Å²) in [6, 6.07) is 5.95. The Labute approximate surface area is 128 Å². The van der Waals surface area contributed by atoms with Gasteiger partial charge in [0.15, 0.2) is 5.82 Å². The second-order valence-electron chi connectivity index (χ2n) is 4.89. The molecule has 1 aromatic carbocycles. The number of benzene rings is 1. The van der Waals surface area contributed by atoms with Gasteiger partial charge in [0.1, 0.15) is 0 Å². The first kappa shape index (κ1) is 15.3. The highest BCUT2D eigenvalue weighted by molar-refractivity contribution is 6.42. The zero-order valence-electron chi connectivity index (χ0n) is 11.5. The van der Waals surface area contributed by atoms with E-state index in [2.05, 4.69) is 29.3 Å². The lowest BCUT2D eigenvalue weighted by atomic mass is 10.1. The van der Waals surface area contributed by atoms with Gasteiger partial charge >= 0.3 is 0 Å². The van der Waals surface area contributed by atoms with Gasteiger partial charge in [0, 0.05) is 25.4 Å². The maximum Gasteiger partial charge on any atom is 0.227 e. The molecule has 2 aromatic rings. The normalized spacial score (nSPS) is 11.2. The molecule has 0 aliphatic heterocycles. The van der Waals surface area contributed by atoms with Crippen molar-refractivity contribution < 1.29 is 4.52 Å². The highest BCUT2D eigenvalue weighted by Gasteiger charge is 2.08. The number of rotatable bonds is 6. The summed E-state index contributed by atoms with van der Waals surface area (Å²) in [6.07, 6.45) is 1.31. The highest BCUT2D eigenvalue weighted by Crippen LogP contribution is 2.23. The maximum absolute atomic E-state index is 5.98. The molecule has 0 saturated carbocycles. The zero-order chi connectivity index (χ0) is 14.5. The van der Waals surface area contributed by atoms with Crippen LogP contribution in [0, 0.1) is 0 Å². The third-order valence-electron chi connectivity index (χ3n) is 2.75. The molecule has 0 radical (unpaired) electrons. The van der Waals surface area contributed by atoms with Crippen molar-refractivity contribution in [3.63, 3.8) is 0 Å². The lowest BCUT2D eigenvalue weighted by Crippen LogP contribution is -2.25. The van der Waals surface area contributed by atoms with Crippen molar-refractivity contribution in [1.82, 2.24) is 15.5 Å². The minimum atomic E-state index is 0.452. The van der Waals surface area contributed by atoms with Gasteiger partial charge < -0.3 is 9.84 Å². The summed E-state index contributed by atoms with van der Waals surface area (Å²) in [5.41, 5.74) is 1.01. The van der Waals surface area contributed by atoms with E-state index >= 15 is 0 Å². The number of nitrogens with one attached hydrogen (secondary N) is 1. The molecule has 0 spiro atoms. The average Bonchev–Trinajstić information content (AvgIpc) is 2.81. The van der Waals surface area contributed by atoms with Crippen LogP contribution in [0.3, 0.4) is 0 Å². The van der Waals surface area contributed by atoms with Crippen LogP contribution in [0.4, 0.5) is 0 Å². The van der Waals surface area contributed by atoms with Gasteiger partial charge in [-0.05, 0) is 17.7 Å². The fourth-order valence-electron chi connectivity index (χ4n) is 1.76. The summed E-state index contributed by atoms with van der Waals surface area (Å²) >= 11 is 11.9. The molecule has 0 fully saturated rings. The summed E-state index contributed by atoms with van der Waals surface area (Å²) in [6.45, 7) is 5.03. The van der Waals surface area contributed by atoms with Gasteiger partial charge in [-0.2, -0.15) is 4.98 Å². The molecule has 0 unspecified atom stereocenters. The van der Waals surface area contributed by atoms with Crippen LogP contribution in [0.2, 0.25) is 10.0 Å². The zero-order valence-corrected chi connectivity index (χ0v) is 13.0. The number of aromatic nitrogens is 2. The molecule has 0 amide bonds. The molecule has 1 N–H and O–H groups in total. The quantitative estimate of drug-likeness (QED) is 0.886. The number of hydrogen-bond acceptors (Lipinski definition) is 4. The van der Waals surface area contributed by atoms with Crippen LogP contribution in [0.15, 0.2) is 22.7 Å². The molecule has 0 bridgehead atoms. The van der Waals surface area contributed by atoms with Gasteiger partial charge in [0.25, 0.3) is 0 Å². The van der Waals surface area contributed by atoms with Crippen molar-refractivity contribution >= 4 is 23.2 Å². The summed E-state index contributed by atoms with van der Waals surface area (Å²) in [5.74, 6) is 1.30. The Hall–Kier alpha value is -1.10. The minimum absolute atomic E-state index is 0.452. The minimum Gasteiger partial charge on any atom is -0.339 e.